The minimum absolute atomic E-state index is 0.219. The van der Waals surface area contributed by atoms with Gasteiger partial charge in [-0.3, -0.25) is 0 Å². The Hall–Kier alpha value is -2.71. The van der Waals surface area contributed by atoms with Crippen LogP contribution in [0.25, 0.3) is 11.1 Å². The first-order valence-corrected chi connectivity index (χ1v) is 9.15. The number of sulfonamides is 1. The van der Waals surface area contributed by atoms with Gasteiger partial charge in [0.1, 0.15) is 5.82 Å². The molecule has 0 saturated carbocycles. The van der Waals surface area contributed by atoms with Crippen molar-refractivity contribution < 1.29 is 13.2 Å². The predicted molar refractivity (Wildman–Crippen MR) is 93.7 cm³/mol. The number of rotatable bonds is 7. The van der Waals surface area contributed by atoms with Crippen LogP contribution in [0.1, 0.15) is 5.82 Å². The summed E-state index contributed by atoms with van der Waals surface area (Å²) >= 11 is 0. The molecule has 0 aliphatic carbocycles. The molecule has 0 radical (unpaired) electrons. The number of nitrogens with zero attached hydrogens (tertiary/aromatic N) is 2. The number of benzene rings is 1. The molecule has 25 heavy (non-hydrogen) atoms. The molecule has 8 heteroatoms. The lowest BCUT2D eigenvalue weighted by atomic mass is 10.1. The van der Waals surface area contributed by atoms with Crippen molar-refractivity contribution in [1.29, 1.82) is 0 Å². The van der Waals surface area contributed by atoms with E-state index in [1.54, 1.807) is 56.0 Å². The van der Waals surface area contributed by atoms with Gasteiger partial charge in [0.2, 0.25) is 15.9 Å². The SMILES string of the molecule is COc1cc(-c2ccc(S(=O)(=O)NCCc3ncc[nH]3)cc2)ccn1. The number of hydrogen-bond donors (Lipinski definition) is 2. The van der Waals surface area contributed by atoms with Crippen LogP contribution in [0.4, 0.5) is 0 Å². The van der Waals surface area contributed by atoms with Gasteiger partial charge in [-0.05, 0) is 29.3 Å². The average molecular weight is 358 g/mol. The molecule has 1 aromatic carbocycles. The Bertz CT molecular complexity index is 923. The maximum absolute atomic E-state index is 12.3. The van der Waals surface area contributed by atoms with Crippen molar-refractivity contribution in [3.05, 3.63) is 60.8 Å². The summed E-state index contributed by atoms with van der Waals surface area (Å²) in [6.45, 7) is 0.277. The predicted octanol–water partition coefficient (Wildman–Crippen LogP) is 2.00. The highest BCUT2D eigenvalue weighted by atomic mass is 32.2. The molecular weight excluding hydrogens is 340 g/mol. The molecule has 7 nitrogen and oxygen atoms in total. The first-order valence-electron chi connectivity index (χ1n) is 7.67. The summed E-state index contributed by atoms with van der Waals surface area (Å²) in [6, 6.07) is 10.3. The van der Waals surface area contributed by atoms with E-state index >= 15 is 0 Å². The van der Waals surface area contributed by atoms with Crippen molar-refractivity contribution in [1.82, 2.24) is 19.7 Å². The van der Waals surface area contributed by atoms with Gasteiger partial charge in [-0.1, -0.05) is 12.1 Å². The molecule has 0 unspecified atom stereocenters. The third-order valence-electron chi connectivity index (χ3n) is 3.65. The monoisotopic (exact) mass is 358 g/mol. The van der Waals surface area contributed by atoms with Crippen molar-refractivity contribution in [3.63, 3.8) is 0 Å². The molecule has 130 valence electrons. The number of ether oxygens (including phenoxy) is 1. The van der Waals surface area contributed by atoms with Crippen LogP contribution in [0.3, 0.4) is 0 Å². The van der Waals surface area contributed by atoms with Gasteiger partial charge in [-0.2, -0.15) is 0 Å². The van der Waals surface area contributed by atoms with E-state index in [1.165, 1.54) is 0 Å². The normalized spacial score (nSPS) is 11.4. The molecule has 2 N–H and O–H groups in total. The second kappa shape index (κ2) is 7.45. The minimum Gasteiger partial charge on any atom is -0.481 e. The molecular formula is C17H18N4O3S. The van der Waals surface area contributed by atoms with Crippen LogP contribution < -0.4 is 9.46 Å². The van der Waals surface area contributed by atoms with Gasteiger partial charge in [-0.25, -0.2) is 23.1 Å². The van der Waals surface area contributed by atoms with Crippen LogP contribution in [-0.2, 0) is 16.4 Å². The van der Waals surface area contributed by atoms with Crippen LogP contribution in [0, 0.1) is 0 Å². The second-order valence-corrected chi connectivity index (χ2v) is 7.06. The largest absolute Gasteiger partial charge is 0.481 e. The van der Waals surface area contributed by atoms with Crippen LogP contribution in [0.15, 0.2) is 59.9 Å². The van der Waals surface area contributed by atoms with Gasteiger partial charge in [0.05, 0.1) is 12.0 Å². The standard InChI is InChI=1S/C17H18N4O3S/c1-24-17-12-14(6-8-20-17)13-2-4-15(5-3-13)25(22,23)21-9-7-16-18-10-11-19-16/h2-6,8,10-12,21H,7,9H2,1H3,(H,18,19). The van der Waals surface area contributed by atoms with E-state index in [2.05, 4.69) is 19.7 Å². The molecule has 2 aromatic heterocycles. The summed E-state index contributed by atoms with van der Waals surface area (Å²) in [7, 11) is -2.00. The molecule has 0 atom stereocenters. The van der Waals surface area contributed by atoms with Crippen LogP contribution in [0.2, 0.25) is 0 Å². The Morgan fingerprint density at radius 2 is 1.88 bits per heavy atom. The third kappa shape index (κ3) is 4.23. The molecule has 0 spiro atoms. The summed E-state index contributed by atoms with van der Waals surface area (Å²) in [6.07, 6.45) is 5.49. The van der Waals surface area contributed by atoms with E-state index in [-0.39, 0.29) is 11.4 Å². The molecule has 0 bridgehead atoms. The van der Waals surface area contributed by atoms with Crippen molar-refractivity contribution in [2.24, 2.45) is 0 Å². The number of aromatic amines is 1. The number of methoxy groups -OCH3 is 1. The summed E-state index contributed by atoms with van der Waals surface area (Å²) in [4.78, 5) is 11.3. The Morgan fingerprint density at radius 1 is 1.08 bits per heavy atom. The molecule has 3 aromatic rings. The van der Waals surface area contributed by atoms with Crippen LogP contribution in [-0.4, -0.2) is 37.0 Å². The minimum atomic E-state index is -3.55. The number of imidazole rings is 1. The van der Waals surface area contributed by atoms with Gasteiger partial charge in [0, 0.05) is 37.6 Å². The summed E-state index contributed by atoms with van der Waals surface area (Å²) in [5.74, 6) is 1.25. The van der Waals surface area contributed by atoms with Gasteiger partial charge < -0.3 is 9.72 Å². The van der Waals surface area contributed by atoms with Gasteiger partial charge in [-0.15, -0.1) is 0 Å². The van der Waals surface area contributed by atoms with Crippen molar-refractivity contribution >= 4 is 10.0 Å². The average Bonchev–Trinajstić information content (AvgIpc) is 3.15. The maximum Gasteiger partial charge on any atom is 0.240 e. The first kappa shape index (κ1) is 17.1. The zero-order valence-corrected chi connectivity index (χ0v) is 14.5. The number of aromatic nitrogens is 3. The van der Waals surface area contributed by atoms with Crippen molar-refractivity contribution in [2.75, 3.05) is 13.7 Å². The first-order chi connectivity index (χ1) is 12.1. The molecule has 0 aliphatic heterocycles. The van der Waals surface area contributed by atoms with Gasteiger partial charge >= 0.3 is 0 Å². The highest BCUT2D eigenvalue weighted by Gasteiger charge is 2.13. The second-order valence-electron chi connectivity index (χ2n) is 5.29. The van der Waals surface area contributed by atoms with Crippen LogP contribution in [0.5, 0.6) is 5.88 Å². The van der Waals surface area contributed by atoms with E-state index in [1.807, 2.05) is 6.07 Å². The van der Waals surface area contributed by atoms with Crippen molar-refractivity contribution in [3.8, 4) is 17.0 Å². The third-order valence-corrected chi connectivity index (χ3v) is 5.13. The topological polar surface area (TPSA) is 97.0 Å². The molecule has 0 fully saturated rings. The molecule has 3 rings (SSSR count). The zero-order chi connectivity index (χ0) is 17.7. The van der Waals surface area contributed by atoms with E-state index < -0.39 is 10.0 Å². The van der Waals surface area contributed by atoms with Crippen molar-refractivity contribution in [2.45, 2.75) is 11.3 Å². The summed E-state index contributed by atoms with van der Waals surface area (Å²) in [5.41, 5.74) is 1.79. The quantitative estimate of drug-likeness (QED) is 0.673. The lowest BCUT2D eigenvalue weighted by Crippen LogP contribution is -2.26. The lowest BCUT2D eigenvalue weighted by molar-refractivity contribution is 0.398. The van der Waals surface area contributed by atoms with E-state index in [4.69, 9.17) is 4.74 Å². The maximum atomic E-state index is 12.3. The molecule has 0 saturated heterocycles. The molecule has 0 amide bonds. The fraction of sp³-hybridized carbons (Fsp3) is 0.176. The van der Waals surface area contributed by atoms with E-state index in [0.29, 0.717) is 12.3 Å². The van der Waals surface area contributed by atoms with Gasteiger partial charge in [0.25, 0.3) is 0 Å². The highest BCUT2D eigenvalue weighted by Crippen LogP contribution is 2.23. The van der Waals surface area contributed by atoms with Gasteiger partial charge in [0.15, 0.2) is 0 Å². The number of hydrogen-bond acceptors (Lipinski definition) is 5. The smallest absolute Gasteiger partial charge is 0.240 e. The summed E-state index contributed by atoms with van der Waals surface area (Å²) in [5, 5.41) is 0. The number of pyridine rings is 1. The number of nitrogens with one attached hydrogen (secondary N) is 2. The molecule has 0 aliphatic rings. The molecule has 2 heterocycles. The fourth-order valence-corrected chi connectivity index (χ4v) is 3.38. The number of H-pyrrole nitrogens is 1. The van der Waals surface area contributed by atoms with E-state index in [9.17, 15) is 8.42 Å². The highest BCUT2D eigenvalue weighted by molar-refractivity contribution is 7.89. The zero-order valence-electron chi connectivity index (χ0n) is 13.6. The lowest BCUT2D eigenvalue weighted by Gasteiger charge is -2.08. The Labute approximate surface area is 146 Å². The Morgan fingerprint density at radius 3 is 2.56 bits per heavy atom. The van der Waals surface area contributed by atoms with Crippen LogP contribution >= 0.6 is 0 Å². The fourth-order valence-electron chi connectivity index (χ4n) is 2.35. The summed E-state index contributed by atoms with van der Waals surface area (Å²) < 4.78 is 32.4. The van der Waals surface area contributed by atoms with E-state index in [0.717, 1.165) is 17.0 Å². The Kier molecular flexibility index (Phi) is 5.11. The Balaban J connectivity index is 1.70.